The Labute approximate surface area is 161 Å². The molecule has 5 heteroatoms. The molecule has 0 aliphatic rings. The normalized spacial score (nSPS) is 11.1. The molecular weight excluding hydrogens is 340 g/mol. The van der Waals surface area contributed by atoms with Crippen LogP contribution in [0, 0.1) is 5.41 Å². The van der Waals surface area contributed by atoms with E-state index in [-0.39, 0.29) is 11.8 Å². The minimum absolute atomic E-state index is 0.0902. The Kier molecular flexibility index (Phi) is 7.13. The van der Waals surface area contributed by atoms with Crippen LogP contribution in [-0.2, 0) is 16.1 Å². The number of amides is 2. The van der Waals surface area contributed by atoms with Crippen LogP contribution in [0.25, 0.3) is 0 Å². The van der Waals surface area contributed by atoms with Crippen molar-refractivity contribution in [3.8, 4) is 0 Å². The first-order chi connectivity index (χ1) is 12.8. The average Bonchev–Trinajstić information content (AvgIpc) is 2.65. The second-order valence-electron chi connectivity index (χ2n) is 7.49. The zero-order chi connectivity index (χ0) is 19.9. The number of hydrogen-bond acceptors (Lipinski definition) is 3. The summed E-state index contributed by atoms with van der Waals surface area (Å²) in [6.45, 7) is 7.00. The summed E-state index contributed by atoms with van der Waals surface area (Å²) in [7, 11) is 1.62. The number of nitrogens with zero attached hydrogens (tertiary/aromatic N) is 1. The van der Waals surface area contributed by atoms with E-state index in [9.17, 15) is 9.59 Å². The minimum atomic E-state index is -0.502. The Bertz CT molecular complexity index is 767. The van der Waals surface area contributed by atoms with Crippen molar-refractivity contribution in [2.45, 2.75) is 27.3 Å². The van der Waals surface area contributed by atoms with E-state index in [4.69, 9.17) is 4.74 Å². The number of carbonyl (C=O) groups excluding carboxylic acids is 2. The van der Waals surface area contributed by atoms with Crippen molar-refractivity contribution >= 4 is 17.5 Å². The molecule has 0 unspecified atom stereocenters. The second kappa shape index (κ2) is 9.33. The lowest BCUT2D eigenvalue weighted by molar-refractivity contribution is -0.123. The fourth-order valence-corrected chi connectivity index (χ4v) is 2.49. The second-order valence-corrected chi connectivity index (χ2v) is 7.49. The van der Waals surface area contributed by atoms with Crippen molar-refractivity contribution in [3.05, 3.63) is 65.7 Å². The zero-order valence-electron chi connectivity index (χ0n) is 16.5. The van der Waals surface area contributed by atoms with Gasteiger partial charge in [-0.1, -0.05) is 57.2 Å². The lowest BCUT2D eigenvalue weighted by Crippen LogP contribution is -2.33. The first kappa shape index (κ1) is 20.6. The lowest BCUT2D eigenvalue weighted by Gasteiger charge is -2.23. The molecule has 0 aromatic heterocycles. The van der Waals surface area contributed by atoms with Gasteiger partial charge in [0.25, 0.3) is 5.91 Å². The molecule has 0 atom stereocenters. The molecule has 0 spiro atoms. The van der Waals surface area contributed by atoms with E-state index in [2.05, 4.69) is 5.32 Å². The maximum atomic E-state index is 13.0. The standard InChI is InChI=1S/C22H28N2O3/c1-22(2,3)21(26)23-19-12-8-11-18(15-19)20(25)24(13-14-27-4)16-17-9-6-5-7-10-17/h5-12,15H,13-14,16H2,1-4H3,(H,23,26). The van der Waals surface area contributed by atoms with Gasteiger partial charge in [-0.25, -0.2) is 0 Å². The molecule has 27 heavy (non-hydrogen) atoms. The number of carbonyl (C=O) groups is 2. The Balaban J connectivity index is 2.18. The predicted octanol–water partition coefficient (Wildman–Crippen LogP) is 3.96. The third-order valence-corrected chi connectivity index (χ3v) is 4.12. The Morgan fingerprint density at radius 1 is 1.04 bits per heavy atom. The van der Waals surface area contributed by atoms with Gasteiger partial charge in [-0.05, 0) is 23.8 Å². The highest BCUT2D eigenvalue weighted by Crippen LogP contribution is 2.19. The van der Waals surface area contributed by atoms with Crippen LogP contribution in [0.1, 0.15) is 36.7 Å². The van der Waals surface area contributed by atoms with Crippen LogP contribution in [0.4, 0.5) is 5.69 Å². The van der Waals surface area contributed by atoms with E-state index >= 15 is 0 Å². The molecule has 0 radical (unpaired) electrons. The highest BCUT2D eigenvalue weighted by atomic mass is 16.5. The number of ether oxygens (including phenoxy) is 1. The first-order valence-electron chi connectivity index (χ1n) is 9.05. The molecule has 2 rings (SSSR count). The van der Waals surface area contributed by atoms with Gasteiger partial charge in [0.2, 0.25) is 5.91 Å². The van der Waals surface area contributed by atoms with Gasteiger partial charge >= 0.3 is 0 Å². The zero-order valence-corrected chi connectivity index (χ0v) is 16.5. The predicted molar refractivity (Wildman–Crippen MR) is 108 cm³/mol. The summed E-state index contributed by atoms with van der Waals surface area (Å²) in [5, 5.41) is 2.87. The highest BCUT2D eigenvalue weighted by molar-refractivity contribution is 5.98. The van der Waals surface area contributed by atoms with Crippen LogP contribution in [0.5, 0.6) is 0 Å². The molecule has 5 nitrogen and oxygen atoms in total. The fourth-order valence-electron chi connectivity index (χ4n) is 2.49. The summed E-state index contributed by atoms with van der Waals surface area (Å²) in [4.78, 5) is 27.0. The third kappa shape index (κ3) is 6.22. The third-order valence-electron chi connectivity index (χ3n) is 4.12. The number of nitrogens with one attached hydrogen (secondary N) is 1. The molecular formula is C22H28N2O3. The van der Waals surface area contributed by atoms with E-state index in [0.717, 1.165) is 5.56 Å². The SMILES string of the molecule is COCCN(Cc1ccccc1)C(=O)c1cccc(NC(=O)C(C)(C)C)c1. The fraction of sp³-hybridized carbons (Fsp3) is 0.364. The average molecular weight is 368 g/mol. The van der Waals surface area contributed by atoms with Gasteiger partial charge in [0.1, 0.15) is 0 Å². The summed E-state index contributed by atoms with van der Waals surface area (Å²) in [5.74, 6) is -0.185. The maximum absolute atomic E-state index is 13.0. The molecule has 0 heterocycles. The van der Waals surface area contributed by atoms with Crippen molar-refractivity contribution in [2.24, 2.45) is 5.41 Å². The van der Waals surface area contributed by atoms with Gasteiger partial charge in [-0.2, -0.15) is 0 Å². The van der Waals surface area contributed by atoms with Crippen LogP contribution in [0.3, 0.4) is 0 Å². The van der Waals surface area contributed by atoms with E-state index in [1.54, 1.807) is 36.3 Å². The van der Waals surface area contributed by atoms with Gasteiger partial charge in [-0.3, -0.25) is 9.59 Å². The number of hydrogen-bond donors (Lipinski definition) is 1. The van der Waals surface area contributed by atoms with Crippen LogP contribution in [0.15, 0.2) is 54.6 Å². The topological polar surface area (TPSA) is 58.6 Å². The summed E-state index contributed by atoms with van der Waals surface area (Å²) in [5.41, 5.74) is 1.71. The molecule has 2 amide bonds. The summed E-state index contributed by atoms with van der Waals surface area (Å²) in [6.07, 6.45) is 0. The van der Waals surface area contributed by atoms with Crippen molar-refractivity contribution in [1.82, 2.24) is 4.90 Å². The molecule has 0 aliphatic heterocycles. The molecule has 1 N–H and O–H groups in total. The van der Waals surface area contributed by atoms with E-state index in [1.165, 1.54) is 0 Å². The van der Waals surface area contributed by atoms with Gasteiger partial charge in [-0.15, -0.1) is 0 Å². The Hall–Kier alpha value is -2.66. The smallest absolute Gasteiger partial charge is 0.254 e. The van der Waals surface area contributed by atoms with Crippen LogP contribution < -0.4 is 5.32 Å². The van der Waals surface area contributed by atoms with Gasteiger partial charge < -0.3 is 15.0 Å². The first-order valence-corrected chi connectivity index (χ1v) is 9.05. The van der Waals surface area contributed by atoms with Crippen LogP contribution >= 0.6 is 0 Å². The molecule has 0 saturated heterocycles. The van der Waals surface area contributed by atoms with Gasteiger partial charge in [0, 0.05) is 36.9 Å². The van der Waals surface area contributed by atoms with Gasteiger partial charge in [0.15, 0.2) is 0 Å². The van der Waals surface area contributed by atoms with Crippen molar-refractivity contribution in [3.63, 3.8) is 0 Å². The maximum Gasteiger partial charge on any atom is 0.254 e. The minimum Gasteiger partial charge on any atom is -0.383 e. The summed E-state index contributed by atoms with van der Waals surface area (Å²) >= 11 is 0. The van der Waals surface area contributed by atoms with Gasteiger partial charge in [0.05, 0.1) is 6.61 Å². The largest absolute Gasteiger partial charge is 0.383 e. The number of benzene rings is 2. The summed E-state index contributed by atoms with van der Waals surface area (Å²) < 4.78 is 5.16. The molecule has 144 valence electrons. The molecule has 2 aromatic rings. The number of methoxy groups -OCH3 is 1. The Morgan fingerprint density at radius 2 is 1.74 bits per heavy atom. The highest BCUT2D eigenvalue weighted by Gasteiger charge is 2.22. The molecule has 0 saturated carbocycles. The number of rotatable bonds is 7. The van der Waals surface area contributed by atoms with Crippen LogP contribution in [-0.4, -0.2) is 37.0 Å². The van der Waals surface area contributed by atoms with Crippen molar-refractivity contribution in [1.29, 1.82) is 0 Å². The molecule has 0 bridgehead atoms. The van der Waals surface area contributed by atoms with E-state index < -0.39 is 5.41 Å². The number of anilines is 1. The van der Waals surface area contributed by atoms with Crippen molar-refractivity contribution in [2.75, 3.05) is 25.6 Å². The lowest BCUT2D eigenvalue weighted by atomic mass is 9.95. The van der Waals surface area contributed by atoms with Crippen molar-refractivity contribution < 1.29 is 14.3 Å². The quantitative estimate of drug-likeness (QED) is 0.805. The Morgan fingerprint density at radius 3 is 2.37 bits per heavy atom. The van der Waals surface area contributed by atoms with Crippen LogP contribution in [0.2, 0.25) is 0 Å². The molecule has 0 fully saturated rings. The monoisotopic (exact) mass is 368 g/mol. The molecule has 2 aromatic carbocycles. The van der Waals surface area contributed by atoms with E-state index in [0.29, 0.717) is 30.9 Å². The van der Waals surface area contributed by atoms with E-state index in [1.807, 2.05) is 51.1 Å². The summed E-state index contributed by atoms with van der Waals surface area (Å²) in [6, 6.07) is 16.9. The molecule has 0 aliphatic carbocycles.